The maximum atomic E-state index is 5.55. The van der Waals surface area contributed by atoms with Gasteiger partial charge in [0.1, 0.15) is 0 Å². The van der Waals surface area contributed by atoms with E-state index in [0.717, 1.165) is 19.8 Å². The summed E-state index contributed by atoms with van der Waals surface area (Å²) in [6.07, 6.45) is 5.14. The molecule has 0 bridgehead atoms. The predicted octanol–water partition coefficient (Wildman–Crippen LogP) is 1.80. The van der Waals surface area contributed by atoms with Crippen molar-refractivity contribution in [1.29, 1.82) is 0 Å². The third-order valence-corrected chi connectivity index (χ3v) is 2.74. The highest BCUT2D eigenvalue weighted by atomic mass is 16.5. The van der Waals surface area contributed by atoms with Crippen molar-refractivity contribution in [2.45, 2.75) is 32.6 Å². The number of hydrogen-bond donors (Lipinski definition) is 1. The van der Waals surface area contributed by atoms with Crippen LogP contribution in [0.1, 0.15) is 32.6 Å². The molecule has 1 aliphatic rings. The Morgan fingerprint density at radius 1 is 1.50 bits per heavy atom. The summed E-state index contributed by atoms with van der Waals surface area (Å²) in [5, 5.41) is 3.28. The Morgan fingerprint density at radius 2 is 2.33 bits per heavy atom. The third kappa shape index (κ3) is 2.46. The van der Waals surface area contributed by atoms with E-state index < -0.39 is 0 Å². The molecule has 1 heterocycles. The lowest BCUT2D eigenvalue weighted by atomic mass is 9.78. The van der Waals surface area contributed by atoms with E-state index in [2.05, 4.69) is 12.2 Å². The summed E-state index contributed by atoms with van der Waals surface area (Å²) in [6, 6.07) is 0. The van der Waals surface area contributed by atoms with E-state index in [1.807, 2.05) is 7.05 Å². The molecule has 1 fully saturated rings. The van der Waals surface area contributed by atoms with Gasteiger partial charge in [-0.2, -0.15) is 0 Å². The van der Waals surface area contributed by atoms with Crippen LogP contribution < -0.4 is 5.32 Å². The van der Waals surface area contributed by atoms with E-state index in [1.54, 1.807) is 0 Å². The van der Waals surface area contributed by atoms with Crippen molar-refractivity contribution in [2.24, 2.45) is 5.41 Å². The van der Waals surface area contributed by atoms with Crippen LogP contribution in [-0.2, 0) is 4.74 Å². The lowest BCUT2D eigenvalue weighted by Crippen LogP contribution is -2.39. The van der Waals surface area contributed by atoms with Crippen LogP contribution in [0.5, 0.6) is 0 Å². The van der Waals surface area contributed by atoms with Gasteiger partial charge in [-0.1, -0.05) is 13.3 Å². The summed E-state index contributed by atoms with van der Waals surface area (Å²) >= 11 is 0. The highest BCUT2D eigenvalue weighted by Crippen LogP contribution is 2.32. The van der Waals surface area contributed by atoms with Crippen LogP contribution in [0, 0.1) is 5.41 Å². The molecule has 0 spiro atoms. The Labute approximate surface area is 75.7 Å². The zero-order chi connectivity index (χ0) is 8.86. The molecule has 0 aromatic heterocycles. The van der Waals surface area contributed by atoms with Gasteiger partial charge in [-0.25, -0.2) is 0 Å². The SMILES string of the molecule is CCCC1(CNC)CCCOC1. The predicted molar refractivity (Wildman–Crippen MR) is 51.3 cm³/mol. The van der Waals surface area contributed by atoms with Gasteiger partial charge in [0.2, 0.25) is 0 Å². The van der Waals surface area contributed by atoms with E-state index in [1.165, 1.54) is 25.7 Å². The van der Waals surface area contributed by atoms with E-state index in [-0.39, 0.29) is 0 Å². The molecule has 0 saturated carbocycles. The molecule has 0 aromatic carbocycles. The van der Waals surface area contributed by atoms with Gasteiger partial charge in [-0.05, 0) is 26.3 Å². The first kappa shape index (κ1) is 10.0. The topological polar surface area (TPSA) is 21.3 Å². The number of rotatable bonds is 4. The zero-order valence-corrected chi connectivity index (χ0v) is 8.36. The monoisotopic (exact) mass is 171 g/mol. The second-order valence-electron chi connectivity index (χ2n) is 3.94. The number of nitrogens with one attached hydrogen (secondary N) is 1. The molecule has 12 heavy (non-hydrogen) atoms. The maximum absolute atomic E-state index is 5.55. The normalized spacial score (nSPS) is 30.5. The molecule has 0 radical (unpaired) electrons. The highest BCUT2D eigenvalue weighted by molar-refractivity contribution is 4.83. The fourth-order valence-electron chi connectivity index (χ4n) is 2.24. The summed E-state index contributed by atoms with van der Waals surface area (Å²) in [5.74, 6) is 0. The first-order chi connectivity index (χ1) is 5.83. The van der Waals surface area contributed by atoms with Crippen LogP contribution in [0.4, 0.5) is 0 Å². The average Bonchev–Trinajstić information content (AvgIpc) is 2.07. The average molecular weight is 171 g/mol. The van der Waals surface area contributed by atoms with Crippen molar-refractivity contribution in [3.05, 3.63) is 0 Å². The quantitative estimate of drug-likeness (QED) is 0.696. The summed E-state index contributed by atoms with van der Waals surface area (Å²) in [7, 11) is 2.03. The summed E-state index contributed by atoms with van der Waals surface area (Å²) in [5.41, 5.74) is 0.446. The van der Waals surface area contributed by atoms with Gasteiger partial charge in [0.15, 0.2) is 0 Å². The summed E-state index contributed by atoms with van der Waals surface area (Å²) in [4.78, 5) is 0. The van der Waals surface area contributed by atoms with Crippen molar-refractivity contribution in [3.8, 4) is 0 Å². The Morgan fingerprint density at radius 3 is 2.83 bits per heavy atom. The van der Waals surface area contributed by atoms with Gasteiger partial charge in [-0.15, -0.1) is 0 Å². The standard InChI is InChI=1S/C10H21NO/c1-3-5-10(8-11-2)6-4-7-12-9-10/h11H,3-9H2,1-2H3. The highest BCUT2D eigenvalue weighted by Gasteiger charge is 2.30. The molecule has 2 nitrogen and oxygen atoms in total. The Hall–Kier alpha value is -0.0800. The van der Waals surface area contributed by atoms with Gasteiger partial charge >= 0.3 is 0 Å². The van der Waals surface area contributed by atoms with Gasteiger partial charge < -0.3 is 10.1 Å². The van der Waals surface area contributed by atoms with Crippen LogP contribution >= 0.6 is 0 Å². The molecule has 1 saturated heterocycles. The number of ether oxygens (including phenoxy) is 1. The Bertz CT molecular complexity index is 103. The second-order valence-corrected chi connectivity index (χ2v) is 3.94. The minimum atomic E-state index is 0.446. The van der Waals surface area contributed by atoms with Crippen molar-refractivity contribution in [2.75, 3.05) is 26.8 Å². The molecule has 1 rings (SSSR count). The minimum absolute atomic E-state index is 0.446. The number of hydrogen-bond acceptors (Lipinski definition) is 2. The van der Waals surface area contributed by atoms with Crippen molar-refractivity contribution in [3.63, 3.8) is 0 Å². The van der Waals surface area contributed by atoms with Gasteiger partial charge in [0, 0.05) is 18.6 Å². The Balaban J connectivity index is 2.44. The fourth-order valence-corrected chi connectivity index (χ4v) is 2.24. The zero-order valence-electron chi connectivity index (χ0n) is 8.36. The third-order valence-electron chi connectivity index (χ3n) is 2.74. The molecular formula is C10H21NO. The van der Waals surface area contributed by atoms with E-state index >= 15 is 0 Å². The second kappa shape index (κ2) is 4.83. The van der Waals surface area contributed by atoms with Gasteiger partial charge in [-0.3, -0.25) is 0 Å². The first-order valence-electron chi connectivity index (χ1n) is 5.05. The summed E-state index contributed by atoms with van der Waals surface area (Å²) in [6.45, 7) is 5.30. The lowest BCUT2D eigenvalue weighted by molar-refractivity contribution is -0.0114. The lowest BCUT2D eigenvalue weighted by Gasteiger charge is -2.36. The molecule has 1 unspecified atom stereocenters. The molecule has 1 aliphatic heterocycles. The van der Waals surface area contributed by atoms with Crippen LogP contribution in [0.2, 0.25) is 0 Å². The summed E-state index contributed by atoms with van der Waals surface area (Å²) < 4.78 is 5.55. The molecule has 2 heteroatoms. The van der Waals surface area contributed by atoms with Gasteiger partial charge in [0.05, 0.1) is 6.61 Å². The smallest absolute Gasteiger partial charge is 0.0534 e. The van der Waals surface area contributed by atoms with E-state index in [4.69, 9.17) is 4.74 Å². The van der Waals surface area contributed by atoms with Crippen LogP contribution in [0.3, 0.4) is 0 Å². The minimum Gasteiger partial charge on any atom is -0.381 e. The van der Waals surface area contributed by atoms with Crippen LogP contribution in [0.25, 0.3) is 0 Å². The van der Waals surface area contributed by atoms with Crippen molar-refractivity contribution < 1.29 is 4.74 Å². The molecular weight excluding hydrogens is 150 g/mol. The van der Waals surface area contributed by atoms with E-state index in [9.17, 15) is 0 Å². The Kier molecular flexibility index (Phi) is 4.02. The molecule has 1 atom stereocenters. The van der Waals surface area contributed by atoms with Gasteiger partial charge in [0.25, 0.3) is 0 Å². The molecule has 0 aromatic rings. The van der Waals surface area contributed by atoms with Crippen LogP contribution in [0.15, 0.2) is 0 Å². The van der Waals surface area contributed by atoms with Crippen molar-refractivity contribution >= 4 is 0 Å². The van der Waals surface area contributed by atoms with Crippen molar-refractivity contribution in [1.82, 2.24) is 5.32 Å². The maximum Gasteiger partial charge on any atom is 0.0534 e. The molecule has 1 N–H and O–H groups in total. The first-order valence-corrected chi connectivity index (χ1v) is 5.05. The fraction of sp³-hybridized carbons (Fsp3) is 1.00. The largest absolute Gasteiger partial charge is 0.381 e. The molecule has 72 valence electrons. The van der Waals surface area contributed by atoms with E-state index in [0.29, 0.717) is 5.41 Å². The molecule has 0 amide bonds. The molecule has 0 aliphatic carbocycles. The van der Waals surface area contributed by atoms with Crippen LogP contribution in [-0.4, -0.2) is 26.8 Å².